The zero-order chi connectivity index (χ0) is 19.3. The number of hydrogen-bond acceptors (Lipinski definition) is 3. The summed E-state index contributed by atoms with van der Waals surface area (Å²) in [7, 11) is 0. The van der Waals surface area contributed by atoms with Crippen LogP contribution in [-0.4, -0.2) is 21.9 Å². The molecule has 1 amide bonds. The van der Waals surface area contributed by atoms with Gasteiger partial charge < -0.3 is 14.5 Å². The normalized spacial score (nSPS) is 18.9. The number of benzene rings is 1. The Kier molecular flexibility index (Phi) is 3.91. The van der Waals surface area contributed by atoms with E-state index in [4.69, 9.17) is 4.74 Å². The van der Waals surface area contributed by atoms with Crippen molar-refractivity contribution < 1.29 is 18.3 Å². The van der Waals surface area contributed by atoms with Gasteiger partial charge in [-0.25, -0.2) is 13.8 Å². The van der Waals surface area contributed by atoms with E-state index in [2.05, 4.69) is 10.3 Å². The van der Waals surface area contributed by atoms with Crippen molar-refractivity contribution in [2.24, 2.45) is 0 Å². The maximum absolute atomic E-state index is 13.8. The lowest BCUT2D eigenvalue weighted by atomic mass is 9.86. The summed E-state index contributed by atoms with van der Waals surface area (Å²) in [6.45, 7) is 5.89. The fraction of sp³-hybridized carbons (Fsp3) is 0.300. The predicted molar refractivity (Wildman–Crippen MR) is 96.0 cm³/mol. The summed E-state index contributed by atoms with van der Waals surface area (Å²) >= 11 is 0. The molecule has 3 aromatic rings. The van der Waals surface area contributed by atoms with E-state index in [1.165, 1.54) is 0 Å². The number of nitrogens with one attached hydrogen (secondary N) is 1. The maximum atomic E-state index is 13.8. The summed E-state index contributed by atoms with van der Waals surface area (Å²) in [6.07, 6.45) is 2.23. The van der Waals surface area contributed by atoms with Crippen LogP contribution in [0.25, 0.3) is 5.65 Å². The molecule has 0 bridgehead atoms. The SMILES string of the molecule is Cc1cc(C)n2ccc(C(=O)NC3(C)CCOc4cc(F)c(F)cc43)c2n1. The third-order valence-corrected chi connectivity index (χ3v) is 5.05. The molecule has 3 heterocycles. The van der Waals surface area contributed by atoms with Crippen LogP contribution < -0.4 is 10.1 Å². The summed E-state index contributed by atoms with van der Waals surface area (Å²) in [4.78, 5) is 17.5. The van der Waals surface area contributed by atoms with Crippen LogP contribution in [0.15, 0.2) is 30.5 Å². The van der Waals surface area contributed by atoms with Crippen molar-refractivity contribution in [1.29, 1.82) is 0 Å². The smallest absolute Gasteiger partial charge is 0.255 e. The van der Waals surface area contributed by atoms with Gasteiger partial charge in [0.2, 0.25) is 0 Å². The fourth-order valence-electron chi connectivity index (χ4n) is 3.60. The van der Waals surface area contributed by atoms with Gasteiger partial charge in [-0.3, -0.25) is 4.79 Å². The summed E-state index contributed by atoms with van der Waals surface area (Å²) in [6, 6.07) is 5.76. The molecule has 0 saturated heterocycles. The molecule has 0 fully saturated rings. The van der Waals surface area contributed by atoms with Crippen LogP contribution in [0.4, 0.5) is 8.78 Å². The topological polar surface area (TPSA) is 55.6 Å². The van der Waals surface area contributed by atoms with Crippen LogP contribution in [0.3, 0.4) is 0 Å². The predicted octanol–water partition coefficient (Wildman–Crippen LogP) is 3.66. The highest BCUT2D eigenvalue weighted by Gasteiger charge is 2.36. The van der Waals surface area contributed by atoms with Gasteiger partial charge in [0.05, 0.1) is 17.7 Å². The van der Waals surface area contributed by atoms with E-state index in [1.54, 1.807) is 19.2 Å². The Hall–Kier alpha value is -2.96. The zero-order valence-corrected chi connectivity index (χ0v) is 15.3. The van der Waals surface area contributed by atoms with Gasteiger partial charge in [-0.05, 0) is 39.0 Å². The highest BCUT2D eigenvalue weighted by atomic mass is 19.2. The van der Waals surface area contributed by atoms with E-state index < -0.39 is 17.2 Å². The molecule has 27 heavy (non-hydrogen) atoms. The van der Waals surface area contributed by atoms with E-state index in [-0.39, 0.29) is 11.7 Å². The number of rotatable bonds is 2. The minimum Gasteiger partial charge on any atom is -0.493 e. The Balaban J connectivity index is 1.73. The van der Waals surface area contributed by atoms with Crippen LogP contribution in [-0.2, 0) is 5.54 Å². The molecule has 1 aliphatic heterocycles. The lowest BCUT2D eigenvalue weighted by Gasteiger charge is -2.36. The Morgan fingerprint density at radius 1 is 1.26 bits per heavy atom. The standard InChI is InChI=1S/C20H19F2N3O2/c1-11-8-12(2)25-6-4-13(18(25)23-11)19(26)24-20(3)5-7-27-17-10-16(22)15(21)9-14(17)20/h4,6,8-10H,5,7H2,1-3H3,(H,24,26). The molecule has 0 spiro atoms. The van der Waals surface area contributed by atoms with Crippen molar-refractivity contribution in [3.8, 4) is 5.75 Å². The van der Waals surface area contributed by atoms with E-state index in [9.17, 15) is 13.6 Å². The van der Waals surface area contributed by atoms with Crippen molar-refractivity contribution in [1.82, 2.24) is 14.7 Å². The van der Waals surface area contributed by atoms with Gasteiger partial charge in [-0.2, -0.15) is 0 Å². The number of carbonyl (C=O) groups is 1. The number of carbonyl (C=O) groups excluding carboxylic acids is 1. The van der Waals surface area contributed by atoms with Crippen LogP contribution in [0.2, 0.25) is 0 Å². The second-order valence-electron chi connectivity index (χ2n) is 7.11. The van der Waals surface area contributed by atoms with Crippen molar-refractivity contribution in [3.63, 3.8) is 0 Å². The first kappa shape index (κ1) is 17.5. The molecule has 2 aromatic heterocycles. The number of aromatic nitrogens is 2. The Morgan fingerprint density at radius 3 is 2.78 bits per heavy atom. The molecule has 1 aliphatic rings. The molecule has 0 aliphatic carbocycles. The molecular formula is C20H19F2N3O2. The zero-order valence-electron chi connectivity index (χ0n) is 15.3. The fourth-order valence-corrected chi connectivity index (χ4v) is 3.60. The van der Waals surface area contributed by atoms with Gasteiger partial charge in [-0.15, -0.1) is 0 Å². The third kappa shape index (κ3) is 2.83. The molecule has 4 rings (SSSR count). The number of hydrogen-bond donors (Lipinski definition) is 1. The largest absolute Gasteiger partial charge is 0.493 e. The number of aryl methyl sites for hydroxylation is 2. The minimum atomic E-state index is -0.974. The molecule has 0 saturated carbocycles. The monoisotopic (exact) mass is 371 g/mol. The van der Waals surface area contributed by atoms with Gasteiger partial charge in [0, 0.05) is 35.6 Å². The van der Waals surface area contributed by atoms with Crippen LogP contribution in [0.5, 0.6) is 5.75 Å². The molecule has 7 heteroatoms. The summed E-state index contributed by atoms with van der Waals surface area (Å²) in [5.41, 5.74) is 2.31. The van der Waals surface area contributed by atoms with E-state index in [0.29, 0.717) is 29.8 Å². The third-order valence-electron chi connectivity index (χ3n) is 5.05. The van der Waals surface area contributed by atoms with Crippen molar-refractivity contribution >= 4 is 11.6 Å². The van der Waals surface area contributed by atoms with Crippen LogP contribution >= 0.6 is 0 Å². The van der Waals surface area contributed by atoms with Gasteiger partial charge >= 0.3 is 0 Å². The lowest BCUT2D eigenvalue weighted by molar-refractivity contribution is 0.0874. The summed E-state index contributed by atoms with van der Waals surface area (Å²) < 4.78 is 34.6. The van der Waals surface area contributed by atoms with Crippen molar-refractivity contribution in [2.75, 3.05) is 6.61 Å². The average molecular weight is 371 g/mol. The number of amides is 1. The molecular weight excluding hydrogens is 352 g/mol. The van der Waals surface area contributed by atoms with Gasteiger partial charge in [-0.1, -0.05) is 0 Å². The minimum absolute atomic E-state index is 0.245. The number of fused-ring (bicyclic) bond motifs is 2. The first-order valence-corrected chi connectivity index (χ1v) is 8.69. The van der Waals surface area contributed by atoms with Gasteiger partial charge in [0.1, 0.15) is 11.4 Å². The first-order chi connectivity index (χ1) is 12.8. The van der Waals surface area contributed by atoms with Crippen molar-refractivity contribution in [2.45, 2.75) is 32.7 Å². The lowest BCUT2D eigenvalue weighted by Crippen LogP contribution is -2.46. The van der Waals surface area contributed by atoms with Crippen LogP contribution in [0, 0.1) is 25.5 Å². The second kappa shape index (κ2) is 6.04. The van der Waals surface area contributed by atoms with Gasteiger partial charge in [0.25, 0.3) is 5.91 Å². The van der Waals surface area contributed by atoms with E-state index in [0.717, 1.165) is 23.5 Å². The van der Waals surface area contributed by atoms with Crippen molar-refractivity contribution in [3.05, 3.63) is 64.6 Å². The number of nitrogens with zero attached hydrogens (tertiary/aromatic N) is 2. The molecule has 5 nitrogen and oxygen atoms in total. The Morgan fingerprint density at radius 2 is 2.00 bits per heavy atom. The summed E-state index contributed by atoms with van der Waals surface area (Å²) in [5.74, 6) is -2.02. The quantitative estimate of drug-likeness (QED) is 0.748. The highest BCUT2D eigenvalue weighted by molar-refractivity contribution is 6.00. The highest BCUT2D eigenvalue weighted by Crippen LogP contribution is 2.38. The van der Waals surface area contributed by atoms with Gasteiger partial charge in [0.15, 0.2) is 11.6 Å². The molecule has 0 radical (unpaired) electrons. The molecule has 1 unspecified atom stereocenters. The first-order valence-electron chi connectivity index (χ1n) is 8.69. The van der Waals surface area contributed by atoms with Crippen LogP contribution in [0.1, 0.15) is 40.7 Å². The Bertz CT molecular complexity index is 1080. The maximum Gasteiger partial charge on any atom is 0.255 e. The summed E-state index contributed by atoms with van der Waals surface area (Å²) in [5, 5.41) is 2.97. The number of ether oxygens (including phenoxy) is 1. The van der Waals surface area contributed by atoms with E-state index in [1.807, 2.05) is 24.3 Å². The molecule has 1 atom stereocenters. The molecule has 140 valence electrons. The molecule has 1 aromatic carbocycles. The number of halogens is 2. The molecule has 1 N–H and O–H groups in total. The van der Waals surface area contributed by atoms with E-state index >= 15 is 0 Å². The average Bonchev–Trinajstić information content (AvgIpc) is 3.01. The Labute approximate surface area is 155 Å². The second-order valence-corrected chi connectivity index (χ2v) is 7.11.